The standard InChI is InChI=1S/C14H15N3O5/c1-9-12(17(19)20)8-16(15-9)7-11-10(14(18)22-3)5-4-6-13(11)21-2/h4-6,8H,7H2,1-3H3. The Morgan fingerprint density at radius 3 is 2.68 bits per heavy atom. The van der Waals surface area contributed by atoms with Crippen LogP contribution in [0.15, 0.2) is 24.4 Å². The first kappa shape index (κ1) is 15.5. The first-order valence-corrected chi connectivity index (χ1v) is 6.40. The smallest absolute Gasteiger partial charge is 0.338 e. The normalized spacial score (nSPS) is 10.3. The zero-order valence-electron chi connectivity index (χ0n) is 12.4. The summed E-state index contributed by atoms with van der Waals surface area (Å²) in [6, 6.07) is 4.98. The number of ether oxygens (including phenoxy) is 2. The number of carbonyl (C=O) groups excluding carboxylic acids is 1. The van der Waals surface area contributed by atoms with Gasteiger partial charge in [0.15, 0.2) is 0 Å². The molecule has 116 valence electrons. The highest BCUT2D eigenvalue weighted by molar-refractivity contribution is 5.91. The molecule has 1 aromatic heterocycles. The minimum absolute atomic E-state index is 0.0745. The predicted octanol–water partition coefficient (Wildman–Crippen LogP) is 1.94. The van der Waals surface area contributed by atoms with Crippen LogP contribution in [-0.2, 0) is 11.3 Å². The molecule has 0 saturated carbocycles. The van der Waals surface area contributed by atoms with E-state index in [9.17, 15) is 14.9 Å². The summed E-state index contributed by atoms with van der Waals surface area (Å²) < 4.78 is 11.4. The number of aryl methyl sites for hydroxylation is 1. The number of hydrogen-bond donors (Lipinski definition) is 0. The van der Waals surface area contributed by atoms with Crippen molar-refractivity contribution in [2.24, 2.45) is 0 Å². The van der Waals surface area contributed by atoms with Gasteiger partial charge in [0.2, 0.25) is 0 Å². The van der Waals surface area contributed by atoms with Gasteiger partial charge in [-0.2, -0.15) is 5.10 Å². The van der Waals surface area contributed by atoms with Gasteiger partial charge in [-0.3, -0.25) is 14.8 Å². The fourth-order valence-electron chi connectivity index (χ4n) is 2.15. The van der Waals surface area contributed by atoms with Crippen LogP contribution in [0.2, 0.25) is 0 Å². The van der Waals surface area contributed by atoms with Crippen LogP contribution in [0.4, 0.5) is 5.69 Å². The molecule has 0 atom stereocenters. The van der Waals surface area contributed by atoms with E-state index >= 15 is 0 Å². The lowest BCUT2D eigenvalue weighted by Gasteiger charge is -2.12. The Hall–Kier alpha value is -2.90. The Morgan fingerprint density at radius 1 is 1.41 bits per heavy atom. The molecule has 2 aromatic rings. The van der Waals surface area contributed by atoms with Crippen molar-refractivity contribution in [3.8, 4) is 5.75 Å². The van der Waals surface area contributed by atoms with Gasteiger partial charge in [0.1, 0.15) is 17.6 Å². The Bertz CT molecular complexity index is 723. The molecule has 0 aliphatic carbocycles. The summed E-state index contributed by atoms with van der Waals surface area (Å²) in [7, 11) is 2.77. The van der Waals surface area contributed by atoms with E-state index < -0.39 is 10.9 Å². The van der Waals surface area contributed by atoms with Gasteiger partial charge in [-0.25, -0.2) is 4.79 Å². The first-order chi connectivity index (χ1) is 10.5. The molecule has 8 heteroatoms. The van der Waals surface area contributed by atoms with Gasteiger partial charge in [0.25, 0.3) is 0 Å². The number of nitro groups is 1. The third kappa shape index (κ3) is 2.90. The molecular weight excluding hydrogens is 290 g/mol. The van der Waals surface area contributed by atoms with E-state index in [0.717, 1.165) is 0 Å². The van der Waals surface area contributed by atoms with Gasteiger partial charge in [-0.05, 0) is 19.1 Å². The molecule has 0 aliphatic heterocycles. The Balaban J connectivity index is 2.46. The second-order valence-corrected chi connectivity index (χ2v) is 4.53. The van der Waals surface area contributed by atoms with Crippen molar-refractivity contribution in [3.63, 3.8) is 0 Å². The molecule has 0 aliphatic rings. The molecule has 22 heavy (non-hydrogen) atoms. The van der Waals surface area contributed by atoms with E-state index in [2.05, 4.69) is 5.10 Å². The summed E-state index contributed by atoms with van der Waals surface area (Å²) in [5, 5.41) is 15.0. The minimum atomic E-state index is -0.507. The molecule has 8 nitrogen and oxygen atoms in total. The number of rotatable bonds is 5. The Morgan fingerprint density at radius 2 is 2.14 bits per heavy atom. The number of esters is 1. The summed E-state index contributed by atoms with van der Waals surface area (Å²) in [6.45, 7) is 1.71. The SMILES string of the molecule is COC(=O)c1cccc(OC)c1Cn1cc([N+](=O)[O-])c(C)n1. The van der Waals surface area contributed by atoms with Crippen molar-refractivity contribution in [3.05, 3.63) is 51.3 Å². The van der Waals surface area contributed by atoms with E-state index in [1.54, 1.807) is 25.1 Å². The molecule has 0 spiro atoms. The molecule has 0 unspecified atom stereocenters. The average molecular weight is 305 g/mol. The van der Waals surface area contributed by atoms with Gasteiger partial charge < -0.3 is 9.47 Å². The molecule has 0 radical (unpaired) electrons. The highest BCUT2D eigenvalue weighted by Crippen LogP contribution is 2.25. The molecule has 0 fully saturated rings. The minimum Gasteiger partial charge on any atom is -0.496 e. The summed E-state index contributed by atoms with van der Waals surface area (Å²) >= 11 is 0. The zero-order valence-corrected chi connectivity index (χ0v) is 12.4. The fourth-order valence-corrected chi connectivity index (χ4v) is 2.15. The highest BCUT2D eigenvalue weighted by atomic mass is 16.6. The van der Waals surface area contributed by atoms with Crippen LogP contribution in [0.3, 0.4) is 0 Å². The van der Waals surface area contributed by atoms with Crippen molar-refractivity contribution >= 4 is 11.7 Å². The lowest BCUT2D eigenvalue weighted by atomic mass is 10.1. The topological polar surface area (TPSA) is 96.5 Å². The highest BCUT2D eigenvalue weighted by Gasteiger charge is 2.20. The maximum atomic E-state index is 11.9. The largest absolute Gasteiger partial charge is 0.496 e. The Kier molecular flexibility index (Phi) is 4.40. The molecular formula is C14H15N3O5. The third-order valence-corrected chi connectivity index (χ3v) is 3.20. The molecule has 0 saturated heterocycles. The van der Waals surface area contributed by atoms with Gasteiger partial charge in [-0.1, -0.05) is 6.07 Å². The van der Waals surface area contributed by atoms with Crippen LogP contribution in [-0.4, -0.2) is 34.9 Å². The average Bonchev–Trinajstić information content (AvgIpc) is 2.87. The number of methoxy groups -OCH3 is 2. The molecule has 1 aromatic carbocycles. The predicted molar refractivity (Wildman–Crippen MR) is 77.1 cm³/mol. The van der Waals surface area contributed by atoms with Crippen molar-refractivity contribution in [2.75, 3.05) is 14.2 Å². The number of nitrogens with zero attached hydrogens (tertiary/aromatic N) is 3. The van der Waals surface area contributed by atoms with E-state index in [0.29, 0.717) is 22.6 Å². The van der Waals surface area contributed by atoms with Crippen molar-refractivity contribution < 1.29 is 19.2 Å². The van der Waals surface area contributed by atoms with Crippen LogP contribution < -0.4 is 4.74 Å². The van der Waals surface area contributed by atoms with Gasteiger partial charge in [0, 0.05) is 5.56 Å². The number of aromatic nitrogens is 2. The molecule has 0 N–H and O–H groups in total. The van der Waals surface area contributed by atoms with Crippen molar-refractivity contribution in [1.29, 1.82) is 0 Å². The quantitative estimate of drug-likeness (QED) is 0.476. The van der Waals surface area contributed by atoms with E-state index in [-0.39, 0.29) is 12.2 Å². The lowest BCUT2D eigenvalue weighted by Crippen LogP contribution is -2.11. The fraction of sp³-hybridized carbons (Fsp3) is 0.286. The third-order valence-electron chi connectivity index (χ3n) is 3.20. The summed E-state index contributed by atoms with van der Waals surface area (Å²) in [5.41, 5.74) is 1.11. The van der Waals surface area contributed by atoms with E-state index in [1.165, 1.54) is 25.1 Å². The molecule has 2 rings (SSSR count). The van der Waals surface area contributed by atoms with E-state index in [4.69, 9.17) is 9.47 Å². The second-order valence-electron chi connectivity index (χ2n) is 4.53. The Labute approximate surface area is 126 Å². The number of hydrogen-bond acceptors (Lipinski definition) is 6. The molecule has 0 bridgehead atoms. The summed E-state index contributed by atoms with van der Waals surface area (Å²) in [4.78, 5) is 22.2. The zero-order chi connectivity index (χ0) is 16.3. The summed E-state index contributed by atoms with van der Waals surface area (Å²) in [6.07, 6.45) is 1.32. The molecule has 0 amide bonds. The summed E-state index contributed by atoms with van der Waals surface area (Å²) in [5.74, 6) is -0.0222. The second kappa shape index (κ2) is 6.25. The maximum Gasteiger partial charge on any atom is 0.338 e. The van der Waals surface area contributed by atoms with Gasteiger partial charge >= 0.3 is 11.7 Å². The van der Waals surface area contributed by atoms with Crippen LogP contribution in [0.1, 0.15) is 21.6 Å². The molecule has 1 heterocycles. The monoisotopic (exact) mass is 305 g/mol. The van der Waals surface area contributed by atoms with Crippen LogP contribution in [0.5, 0.6) is 5.75 Å². The lowest BCUT2D eigenvalue weighted by molar-refractivity contribution is -0.385. The number of carbonyl (C=O) groups is 1. The van der Waals surface area contributed by atoms with Crippen molar-refractivity contribution in [1.82, 2.24) is 9.78 Å². The van der Waals surface area contributed by atoms with Gasteiger partial charge in [-0.15, -0.1) is 0 Å². The number of benzene rings is 1. The van der Waals surface area contributed by atoms with Crippen LogP contribution in [0.25, 0.3) is 0 Å². The van der Waals surface area contributed by atoms with E-state index in [1.807, 2.05) is 0 Å². The van der Waals surface area contributed by atoms with Gasteiger partial charge in [0.05, 0.1) is 31.3 Å². The maximum absolute atomic E-state index is 11.9. The van der Waals surface area contributed by atoms with Crippen molar-refractivity contribution in [2.45, 2.75) is 13.5 Å². The first-order valence-electron chi connectivity index (χ1n) is 6.40. The van der Waals surface area contributed by atoms with Crippen LogP contribution >= 0.6 is 0 Å². The van der Waals surface area contributed by atoms with Crippen LogP contribution in [0, 0.1) is 17.0 Å².